The van der Waals surface area contributed by atoms with Crippen molar-refractivity contribution in [3.63, 3.8) is 0 Å². The number of aromatic amines is 1. The predicted molar refractivity (Wildman–Crippen MR) is 316 cm³/mol. The van der Waals surface area contributed by atoms with E-state index in [1.165, 1.54) is 25.1 Å². The fourth-order valence-electron chi connectivity index (χ4n) is 12.3. The van der Waals surface area contributed by atoms with E-state index in [0.29, 0.717) is 76.9 Å². The maximum atomic E-state index is 16.0. The Bertz CT molecular complexity index is 3610. The first-order chi connectivity index (χ1) is 40.8. The number of nitrogens with one attached hydrogen (secondary N) is 3. The van der Waals surface area contributed by atoms with E-state index in [9.17, 15) is 18.4 Å². The Morgan fingerprint density at radius 3 is 2.43 bits per heavy atom. The molecule has 0 radical (unpaired) electrons. The number of benzene rings is 4. The molecule has 5 atom stereocenters. The first-order valence-electron chi connectivity index (χ1n) is 29.2. The number of aliphatic hydroxyl groups is 1. The number of likely N-dealkylation sites (tertiary alicyclic amines) is 1. The predicted octanol–water partition coefficient (Wildman–Crippen LogP) is 10.9. The van der Waals surface area contributed by atoms with E-state index in [1.807, 2.05) is 42.3 Å². The van der Waals surface area contributed by atoms with Crippen LogP contribution in [0.3, 0.4) is 0 Å². The van der Waals surface area contributed by atoms with Gasteiger partial charge in [0, 0.05) is 78.1 Å². The number of nitrogens with zero attached hydrogens (tertiary/aromatic N) is 8. The SMILES string of the molecule is C=C/C(F)=C(\C(F)=C/C)c1ccc(C(CO)NC=O)cc1.Cc1c(F)cc2[nH]ncc2c1-c1c(C2CC2)cc2c(N3CC4CC3CN4)nc(OC3CCOCC3)nc2c1OCc1ccc(-c2cn(C(C(=O)N3CCCC3C)C(C)C)nn2)cc1. The minimum absolute atomic E-state index is 0.0490. The summed E-state index contributed by atoms with van der Waals surface area (Å²) in [5, 5.41) is 33.4. The van der Waals surface area contributed by atoms with E-state index in [1.54, 1.807) is 23.0 Å². The smallest absolute Gasteiger partial charge is 0.319 e. The molecule has 440 valence electrons. The van der Waals surface area contributed by atoms with Crippen molar-refractivity contribution in [3.05, 3.63) is 137 Å². The number of piperazine rings is 1. The highest BCUT2D eigenvalue weighted by Crippen LogP contribution is 2.54. The number of fused-ring (bicyclic) bond motifs is 4. The van der Waals surface area contributed by atoms with Crippen molar-refractivity contribution in [2.45, 2.75) is 128 Å². The van der Waals surface area contributed by atoms with Gasteiger partial charge in [-0.3, -0.25) is 14.7 Å². The number of hydrogen-bond acceptors (Lipinski definition) is 13. The van der Waals surface area contributed by atoms with Crippen LogP contribution in [0.2, 0.25) is 0 Å². The van der Waals surface area contributed by atoms with E-state index in [-0.39, 0.29) is 54.5 Å². The van der Waals surface area contributed by atoms with Crippen molar-refractivity contribution in [3.8, 4) is 34.1 Å². The second-order valence-corrected chi connectivity index (χ2v) is 22.9. The van der Waals surface area contributed by atoms with Gasteiger partial charge in [0.05, 0.1) is 49.3 Å². The van der Waals surface area contributed by atoms with Gasteiger partial charge in [-0.2, -0.15) is 15.1 Å². The van der Waals surface area contributed by atoms with Crippen LogP contribution < -0.4 is 25.0 Å². The monoisotopic (exact) mass is 1150 g/mol. The molecule has 17 nitrogen and oxygen atoms in total. The Morgan fingerprint density at radius 2 is 1.79 bits per heavy atom. The van der Waals surface area contributed by atoms with E-state index < -0.39 is 23.7 Å². The van der Waals surface area contributed by atoms with Crippen molar-refractivity contribution in [1.82, 2.24) is 50.7 Å². The number of amides is 2. The molecule has 1 saturated carbocycles. The normalized spacial score (nSPS) is 20.0. The molecule has 5 unspecified atom stereocenters. The van der Waals surface area contributed by atoms with Gasteiger partial charge in [0.25, 0.3) is 0 Å². The molecule has 12 rings (SSSR count). The summed E-state index contributed by atoms with van der Waals surface area (Å²) in [6, 6.07) is 18.4. The first-order valence-corrected chi connectivity index (χ1v) is 29.2. The van der Waals surface area contributed by atoms with E-state index in [2.05, 4.69) is 69.5 Å². The van der Waals surface area contributed by atoms with E-state index >= 15 is 4.39 Å². The van der Waals surface area contributed by atoms with Crippen LogP contribution in [0.15, 0.2) is 103 Å². The lowest BCUT2D eigenvalue weighted by Gasteiger charge is -2.31. The van der Waals surface area contributed by atoms with Gasteiger partial charge in [-0.1, -0.05) is 80.2 Å². The number of rotatable bonds is 19. The molecule has 4 N–H and O–H groups in total. The van der Waals surface area contributed by atoms with Crippen LogP contribution in [0.5, 0.6) is 11.8 Å². The first kappa shape index (κ1) is 57.9. The zero-order valence-electron chi connectivity index (χ0n) is 48.1. The van der Waals surface area contributed by atoms with Crippen LogP contribution in [0.25, 0.3) is 49.8 Å². The van der Waals surface area contributed by atoms with Gasteiger partial charge in [-0.25, -0.2) is 17.9 Å². The highest BCUT2D eigenvalue weighted by atomic mass is 19.1. The minimum atomic E-state index is -0.761. The maximum absolute atomic E-state index is 16.0. The third-order valence-corrected chi connectivity index (χ3v) is 17.0. The zero-order valence-corrected chi connectivity index (χ0v) is 48.1. The van der Waals surface area contributed by atoms with Gasteiger partial charge in [0.15, 0.2) is 5.75 Å². The number of aromatic nitrogens is 7. The average molecular weight is 1150 g/mol. The summed E-state index contributed by atoms with van der Waals surface area (Å²) < 4.78 is 64.7. The molecule has 1 aliphatic carbocycles. The molecule has 4 aromatic carbocycles. The maximum Gasteiger partial charge on any atom is 0.319 e. The Hall–Kier alpha value is -7.94. The third-order valence-electron chi connectivity index (χ3n) is 17.0. The minimum Gasteiger partial charge on any atom is -0.486 e. The fourth-order valence-corrected chi connectivity index (χ4v) is 12.3. The van der Waals surface area contributed by atoms with Crippen molar-refractivity contribution in [2.24, 2.45) is 5.92 Å². The van der Waals surface area contributed by atoms with Crippen molar-refractivity contribution in [1.29, 1.82) is 0 Å². The highest BCUT2D eigenvalue weighted by molar-refractivity contribution is 6.06. The number of anilines is 1. The summed E-state index contributed by atoms with van der Waals surface area (Å²) in [5.74, 6) is 0.0916. The number of aliphatic hydroxyl groups excluding tert-OH is 1. The summed E-state index contributed by atoms with van der Waals surface area (Å²) in [6.07, 6.45) is 12.8. The molecule has 3 aromatic heterocycles. The molecule has 20 heteroatoms. The molecule has 4 saturated heterocycles. The van der Waals surface area contributed by atoms with Crippen molar-refractivity contribution >= 4 is 45.5 Å². The molecular weight excluding hydrogens is 1080 g/mol. The number of carbonyl (C=O) groups is 2. The van der Waals surface area contributed by atoms with Gasteiger partial charge in [0.1, 0.15) is 53.3 Å². The number of hydrogen-bond donors (Lipinski definition) is 4. The molecule has 5 aliphatic rings. The number of H-pyrrole nitrogens is 1. The van der Waals surface area contributed by atoms with Crippen molar-refractivity contribution in [2.75, 3.05) is 44.4 Å². The van der Waals surface area contributed by atoms with Gasteiger partial charge in [-0.15, -0.1) is 5.10 Å². The Morgan fingerprint density at radius 1 is 1.01 bits per heavy atom. The molecule has 7 heterocycles. The lowest BCUT2D eigenvalue weighted by molar-refractivity contribution is -0.137. The molecule has 7 aromatic rings. The van der Waals surface area contributed by atoms with Crippen LogP contribution in [0, 0.1) is 18.7 Å². The number of carbonyl (C=O) groups excluding carboxylic acids is 2. The van der Waals surface area contributed by atoms with E-state index in [0.717, 1.165) is 121 Å². The second kappa shape index (κ2) is 25.1. The molecule has 2 amide bonds. The molecule has 4 aliphatic heterocycles. The quantitative estimate of drug-likeness (QED) is 0.0441. The van der Waals surface area contributed by atoms with Crippen LogP contribution in [0.1, 0.15) is 118 Å². The van der Waals surface area contributed by atoms with Crippen LogP contribution in [-0.2, 0) is 20.9 Å². The number of ether oxygens (including phenoxy) is 3. The lowest BCUT2D eigenvalue weighted by Crippen LogP contribution is -2.44. The van der Waals surface area contributed by atoms with Gasteiger partial charge in [-0.05, 0) is 111 Å². The molecular formula is C64H72F3N11O6. The van der Waals surface area contributed by atoms with Crippen LogP contribution in [-0.4, -0.2) is 121 Å². The highest BCUT2D eigenvalue weighted by Gasteiger charge is 2.41. The third kappa shape index (κ3) is 11.8. The summed E-state index contributed by atoms with van der Waals surface area (Å²) >= 11 is 0. The van der Waals surface area contributed by atoms with Gasteiger partial charge >= 0.3 is 6.01 Å². The molecule has 5 fully saturated rings. The van der Waals surface area contributed by atoms with E-state index in [4.69, 9.17) is 29.3 Å². The van der Waals surface area contributed by atoms with Crippen LogP contribution in [0.4, 0.5) is 19.0 Å². The molecule has 84 heavy (non-hydrogen) atoms. The lowest BCUT2D eigenvalue weighted by atomic mass is 9.88. The average Bonchev–Trinajstić information content (AvgIpc) is 1.49. The van der Waals surface area contributed by atoms with Crippen molar-refractivity contribution < 1.29 is 42.1 Å². The second-order valence-electron chi connectivity index (χ2n) is 22.9. The van der Waals surface area contributed by atoms with Crippen LogP contribution >= 0.6 is 0 Å². The Kier molecular flexibility index (Phi) is 17.3. The number of halogens is 3. The fraction of sp³-hybridized carbons (Fsp3) is 0.422. The zero-order chi connectivity index (χ0) is 58.8. The number of allylic oxidation sites excluding steroid dienone is 5. The summed E-state index contributed by atoms with van der Waals surface area (Å²) in [7, 11) is 0. The Labute approximate surface area is 486 Å². The van der Waals surface area contributed by atoms with Gasteiger partial charge < -0.3 is 39.8 Å². The topological polar surface area (TPSA) is 198 Å². The molecule has 2 bridgehead atoms. The summed E-state index contributed by atoms with van der Waals surface area (Å²) in [6.45, 7) is 16.6. The summed E-state index contributed by atoms with van der Waals surface area (Å²) in [4.78, 5) is 39.0. The largest absolute Gasteiger partial charge is 0.486 e. The Balaban J connectivity index is 0.000000298. The van der Waals surface area contributed by atoms with Gasteiger partial charge in [0.2, 0.25) is 12.3 Å². The standard InChI is InChI=1S/C48H55FN10O4.C16H17F2NO2/c1-26(2)44(47(60)57-15-5-6-27(57)3)59-24-40(55-56-59)31-9-7-29(8-10-31)25-62-45-42(41-28(4)38(49)20-39-37(41)22-51-54-39)35(30-11-12-30)19-36-43(45)52-48(63-34-13-16-61-17-14-34)53-46(36)58-23-32-18-33(58)21-50-32;1-3-13(17)16(14(18)4-2)12-7-5-11(6-8-12)15(9-20)19-10-21/h7-10,19-20,22,24,26-27,30,32-34,44,50H,5-6,11-18,21,23,25H2,1-4H3,(H,51,54);3-8,10,15,20H,1,9H2,2H3,(H,19,21)/b;14-4+,16-13+. The summed E-state index contributed by atoms with van der Waals surface area (Å²) in [5.41, 5.74) is 7.80. The molecule has 0 spiro atoms.